The molecular formula is C16H13FN2O4. The van der Waals surface area contributed by atoms with Gasteiger partial charge in [0.2, 0.25) is 5.91 Å². The number of phenolic OH excluding ortho intramolecular Hbond substituents is 1. The number of rotatable bonds is 5. The predicted molar refractivity (Wildman–Crippen MR) is 82.0 cm³/mol. The monoisotopic (exact) mass is 316 g/mol. The van der Waals surface area contributed by atoms with Crippen LogP contribution in [0.15, 0.2) is 48.5 Å². The number of nitro groups is 1. The number of nitrogens with zero attached hydrogens (tertiary/aromatic N) is 1. The standard InChI is InChI=1S/C16H13FN2O4/c17-13-3-1-2-11(8-13)4-7-16(21)18-10-12-9-14(19(22)23)5-6-15(12)20/h1-9,20H,10H2,(H,18,21)/b7-4+. The van der Waals surface area contributed by atoms with Gasteiger partial charge < -0.3 is 10.4 Å². The smallest absolute Gasteiger partial charge is 0.270 e. The van der Waals surface area contributed by atoms with E-state index in [1.54, 1.807) is 6.07 Å². The van der Waals surface area contributed by atoms with E-state index in [0.717, 1.165) is 0 Å². The number of hydrogen-bond acceptors (Lipinski definition) is 4. The Balaban J connectivity index is 1.99. The highest BCUT2D eigenvalue weighted by atomic mass is 19.1. The van der Waals surface area contributed by atoms with Crippen molar-refractivity contribution in [2.45, 2.75) is 6.54 Å². The molecule has 2 rings (SSSR count). The largest absolute Gasteiger partial charge is 0.508 e. The van der Waals surface area contributed by atoms with Crippen molar-refractivity contribution in [2.75, 3.05) is 0 Å². The Labute approximate surface area is 131 Å². The number of aromatic hydroxyl groups is 1. The summed E-state index contributed by atoms with van der Waals surface area (Å²) in [6.07, 6.45) is 2.65. The molecule has 0 heterocycles. The molecule has 0 fully saturated rings. The molecule has 0 saturated carbocycles. The van der Waals surface area contributed by atoms with E-state index in [1.165, 1.54) is 48.6 Å². The van der Waals surface area contributed by atoms with Crippen molar-refractivity contribution < 1.29 is 19.2 Å². The fourth-order valence-electron chi connectivity index (χ4n) is 1.85. The number of nitrogens with one attached hydrogen (secondary N) is 1. The van der Waals surface area contributed by atoms with Gasteiger partial charge in [-0.2, -0.15) is 0 Å². The van der Waals surface area contributed by atoms with Gasteiger partial charge in [-0.05, 0) is 29.8 Å². The van der Waals surface area contributed by atoms with Crippen LogP contribution in [-0.4, -0.2) is 15.9 Å². The first-order valence-electron chi connectivity index (χ1n) is 6.63. The van der Waals surface area contributed by atoms with Gasteiger partial charge in [0.1, 0.15) is 11.6 Å². The van der Waals surface area contributed by atoms with Crippen LogP contribution in [0.5, 0.6) is 5.75 Å². The van der Waals surface area contributed by atoms with Crippen LogP contribution in [0.3, 0.4) is 0 Å². The maximum Gasteiger partial charge on any atom is 0.270 e. The highest BCUT2D eigenvalue weighted by molar-refractivity contribution is 5.91. The zero-order valence-corrected chi connectivity index (χ0v) is 11.9. The molecule has 1 amide bonds. The third-order valence-electron chi connectivity index (χ3n) is 3.00. The second-order valence-corrected chi connectivity index (χ2v) is 4.68. The maximum absolute atomic E-state index is 13.0. The number of phenols is 1. The average Bonchev–Trinajstić information content (AvgIpc) is 2.52. The molecule has 0 radical (unpaired) electrons. The average molecular weight is 316 g/mol. The number of carbonyl (C=O) groups excluding carboxylic acids is 1. The molecule has 118 valence electrons. The first kappa shape index (κ1) is 16.2. The number of non-ortho nitro benzene ring substituents is 1. The Kier molecular flexibility index (Phi) is 5.03. The summed E-state index contributed by atoms with van der Waals surface area (Å²) in [5, 5.41) is 22.8. The summed E-state index contributed by atoms with van der Waals surface area (Å²) >= 11 is 0. The minimum absolute atomic E-state index is 0.0696. The highest BCUT2D eigenvalue weighted by Gasteiger charge is 2.10. The molecule has 0 bridgehead atoms. The van der Waals surface area contributed by atoms with Crippen LogP contribution in [-0.2, 0) is 11.3 Å². The van der Waals surface area contributed by atoms with E-state index in [1.807, 2.05) is 0 Å². The zero-order valence-electron chi connectivity index (χ0n) is 11.9. The Hall–Kier alpha value is -3.22. The molecule has 2 aromatic rings. The fraction of sp³-hybridized carbons (Fsp3) is 0.0625. The molecule has 23 heavy (non-hydrogen) atoms. The minimum Gasteiger partial charge on any atom is -0.508 e. The van der Waals surface area contributed by atoms with Crippen molar-refractivity contribution in [2.24, 2.45) is 0 Å². The molecule has 0 aliphatic rings. The summed E-state index contributed by atoms with van der Waals surface area (Å²) in [5.74, 6) is -1.03. The Morgan fingerprint density at radius 1 is 1.30 bits per heavy atom. The van der Waals surface area contributed by atoms with Crippen LogP contribution < -0.4 is 5.32 Å². The third kappa shape index (κ3) is 4.63. The van der Waals surface area contributed by atoms with Gasteiger partial charge in [-0.25, -0.2) is 4.39 Å². The molecule has 0 aliphatic heterocycles. The third-order valence-corrected chi connectivity index (χ3v) is 3.00. The molecule has 6 nitrogen and oxygen atoms in total. The molecule has 0 aromatic heterocycles. The van der Waals surface area contributed by atoms with Gasteiger partial charge in [-0.1, -0.05) is 12.1 Å². The molecule has 2 aromatic carbocycles. The van der Waals surface area contributed by atoms with E-state index in [0.29, 0.717) is 5.56 Å². The number of halogens is 1. The van der Waals surface area contributed by atoms with Crippen molar-refractivity contribution in [1.82, 2.24) is 5.32 Å². The summed E-state index contributed by atoms with van der Waals surface area (Å²) in [4.78, 5) is 21.8. The summed E-state index contributed by atoms with van der Waals surface area (Å²) < 4.78 is 13.0. The number of nitro benzene ring substituents is 1. The lowest BCUT2D eigenvalue weighted by Gasteiger charge is -2.05. The van der Waals surface area contributed by atoms with E-state index in [9.17, 15) is 24.4 Å². The lowest BCUT2D eigenvalue weighted by molar-refractivity contribution is -0.384. The summed E-state index contributed by atoms with van der Waals surface area (Å²) in [6, 6.07) is 9.28. The molecule has 2 N–H and O–H groups in total. The van der Waals surface area contributed by atoms with Gasteiger partial charge >= 0.3 is 0 Å². The van der Waals surface area contributed by atoms with E-state index < -0.39 is 16.6 Å². The molecule has 0 saturated heterocycles. The quantitative estimate of drug-likeness (QED) is 0.504. The number of amides is 1. The van der Waals surface area contributed by atoms with E-state index in [2.05, 4.69) is 5.32 Å². The molecule has 0 unspecified atom stereocenters. The fourth-order valence-corrected chi connectivity index (χ4v) is 1.85. The topological polar surface area (TPSA) is 92.5 Å². The molecule has 0 spiro atoms. The van der Waals surface area contributed by atoms with Crippen molar-refractivity contribution >= 4 is 17.7 Å². The van der Waals surface area contributed by atoms with Crippen molar-refractivity contribution in [1.29, 1.82) is 0 Å². The van der Waals surface area contributed by atoms with Crippen LogP contribution >= 0.6 is 0 Å². The zero-order chi connectivity index (χ0) is 16.8. The van der Waals surface area contributed by atoms with Gasteiger partial charge in [0.25, 0.3) is 5.69 Å². The maximum atomic E-state index is 13.0. The molecule has 0 atom stereocenters. The van der Waals surface area contributed by atoms with Crippen LogP contribution in [0.4, 0.5) is 10.1 Å². The Morgan fingerprint density at radius 3 is 2.78 bits per heavy atom. The normalized spacial score (nSPS) is 10.7. The van der Waals surface area contributed by atoms with E-state index in [-0.39, 0.29) is 23.5 Å². The van der Waals surface area contributed by atoms with Crippen LogP contribution in [0.25, 0.3) is 6.08 Å². The van der Waals surface area contributed by atoms with Gasteiger partial charge in [0, 0.05) is 30.3 Å². The molecule has 7 heteroatoms. The lowest BCUT2D eigenvalue weighted by atomic mass is 10.1. The van der Waals surface area contributed by atoms with Gasteiger partial charge in [-0.3, -0.25) is 14.9 Å². The minimum atomic E-state index is -0.589. The van der Waals surface area contributed by atoms with Crippen molar-refractivity contribution in [3.8, 4) is 5.75 Å². The SMILES string of the molecule is O=C(/C=C/c1cccc(F)c1)NCc1cc([N+](=O)[O-])ccc1O. The summed E-state index contributed by atoms with van der Waals surface area (Å²) in [7, 11) is 0. The second-order valence-electron chi connectivity index (χ2n) is 4.68. The summed E-state index contributed by atoms with van der Waals surface area (Å²) in [6.45, 7) is -0.0696. The lowest BCUT2D eigenvalue weighted by Crippen LogP contribution is -2.20. The van der Waals surface area contributed by atoms with Crippen molar-refractivity contribution in [3.63, 3.8) is 0 Å². The molecule has 0 aliphatic carbocycles. The van der Waals surface area contributed by atoms with E-state index >= 15 is 0 Å². The second kappa shape index (κ2) is 7.17. The van der Waals surface area contributed by atoms with Crippen LogP contribution in [0.1, 0.15) is 11.1 Å². The van der Waals surface area contributed by atoms with Crippen molar-refractivity contribution in [3.05, 3.63) is 75.6 Å². The predicted octanol–water partition coefficient (Wildman–Crippen LogP) is 2.77. The first-order valence-corrected chi connectivity index (χ1v) is 6.63. The van der Waals surface area contributed by atoms with Gasteiger partial charge in [0.15, 0.2) is 0 Å². The van der Waals surface area contributed by atoms with Crippen LogP contribution in [0.2, 0.25) is 0 Å². The number of carbonyl (C=O) groups is 1. The molecular weight excluding hydrogens is 303 g/mol. The van der Waals surface area contributed by atoms with Crippen LogP contribution in [0, 0.1) is 15.9 Å². The summed E-state index contributed by atoms with van der Waals surface area (Å²) in [5.41, 5.74) is 0.576. The van der Waals surface area contributed by atoms with Gasteiger partial charge in [0.05, 0.1) is 4.92 Å². The Morgan fingerprint density at radius 2 is 2.09 bits per heavy atom. The Bertz CT molecular complexity index is 774. The highest BCUT2D eigenvalue weighted by Crippen LogP contribution is 2.22. The number of benzene rings is 2. The first-order chi connectivity index (χ1) is 11.0. The number of hydrogen-bond donors (Lipinski definition) is 2. The van der Waals surface area contributed by atoms with E-state index in [4.69, 9.17) is 0 Å². The van der Waals surface area contributed by atoms with Gasteiger partial charge in [-0.15, -0.1) is 0 Å².